The summed E-state index contributed by atoms with van der Waals surface area (Å²) in [6.45, 7) is 1.11. The molecule has 0 radical (unpaired) electrons. The Morgan fingerprint density at radius 1 is 1.04 bits per heavy atom. The Hall–Kier alpha value is -2.00. The minimum absolute atomic E-state index is 0.0927. The maximum atomic E-state index is 12.5. The quantitative estimate of drug-likeness (QED) is 0.738. The molecule has 6 nitrogen and oxygen atoms in total. The van der Waals surface area contributed by atoms with E-state index in [2.05, 4.69) is 10.6 Å². The second-order valence-corrected chi connectivity index (χ2v) is 8.78. The van der Waals surface area contributed by atoms with Crippen LogP contribution in [0.1, 0.15) is 23.2 Å². The first-order valence-electron chi connectivity index (χ1n) is 8.35. The lowest BCUT2D eigenvalue weighted by molar-refractivity contribution is 0.0978. The molecule has 142 valence electrons. The van der Waals surface area contributed by atoms with Gasteiger partial charge in [-0.2, -0.15) is 4.31 Å². The lowest BCUT2D eigenvalue weighted by Gasteiger charge is -2.16. The molecule has 0 spiro atoms. The molecule has 1 aliphatic heterocycles. The highest BCUT2D eigenvalue weighted by Crippen LogP contribution is 2.22. The summed E-state index contributed by atoms with van der Waals surface area (Å²) in [7, 11) is -3.46. The highest BCUT2D eigenvalue weighted by molar-refractivity contribution is 7.89. The molecule has 0 saturated carbocycles. The van der Waals surface area contributed by atoms with Gasteiger partial charge in [-0.25, -0.2) is 8.42 Å². The molecule has 0 aromatic heterocycles. The van der Waals surface area contributed by atoms with Crippen molar-refractivity contribution in [2.45, 2.75) is 17.7 Å². The maximum Gasteiger partial charge on any atom is 0.258 e. The van der Waals surface area contributed by atoms with Gasteiger partial charge in [0.25, 0.3) is 5.91 Å². The zero-order chi connectivity index (χ0) is 19.4. The van der Waals surface area contributed by atoms with Crippen molar-refractivity contribution in [2.24, 2.45) is 0 Å². The molecule has 9 heteroatoms. The summed E-state index contributed by atoms with van der Waals surface area (Å²) >= 11 is 11.1. The minimum Gasteiger partial charge on any atom is -0.332 e. The zero-order valence-electron chi connectivity index (χ0n) is 14.3. The van der Waals surface area contributed by atoms with Gasteiger partial charge >= 0.3 is 0 Å². The molecule has 2 N–H and O–H groups in total. The topological polar surface area (TPSA) is 78.5 Å². The van der Waals surface area contributed by atoms with Crippen molar-refractivity contribution in [3.8, 4) is 0 Å². The van der Waals surface area contributed by atoms with Crippen LogP contribution in [0.2, 0.25) is 5.02 Å². The molecule has 1 saturated heterocycles. The fraction of sp³-hybridized carbons (Fsp3) is 0.222. The third-order valence-corrected chi connectivity index (χ3v) is 6.61. The Morgan fingerprint density at radius 3 is 2.30 bits per heavy atom. The molecule has 27 heavy (non-hydrogen) atoms. The van der Waals surface area contributed by atoms with E-state index in [4.69, 9.17) is 23.8 Å². The lowest BCUT2D eigenvalue weighted by Crippen LogP contribution is -2.34. The number of nitrogens with one attached hydrogen (secondary N) is 2. The first-order valence-corrected chi connectivity index (χ1v) is 10.6. The number of benzene rings is 2. The van der Waals surface area contributed by atoms with Gasteiger partial charge in [0, 0.05) is 18.8 Å². The predicted molar refractivity (Wildman–Crippen MR) is 110 cm³/mol. The van der Waals surface area contributed by atoms with Gasteiger partial charge in [0.15, 0.2) is 5.11 Å². The van der Waals surface area contributed by atoms with Crippen LogP contribution in [0.5, 0.6) is 0 Å². The number of hydrogen-bond donors (Lipinski definition) is 2. The molecule has 0 aliphatic carbocycles. The number of nitrogens with zero attached hydrogens (tertiary/aromatic N) is 1. The van der Waals surface area contributed by atoms with Gasteiger partial charge in [-0.15, -0.1) is 0 Å². The minimum atomic E-state index is -3.46. The van der Waals surface area contributed by atoms with Crippen molar-refractivity contribution in [1.29, 1.82) is 0 Å². The van der Waals surface area contributed by atoms with Gasteiger partial charge in [0.05, 0.1) is 15.5 Å². The van der Waals surface area contributed by atoms with Crippen LogP contribution in [0.15, 0.2) is 53.4 Å². The second kappa shape index (κ2) is 8.35. The molecular weight excluding hydrogens is 406 g/mol. The number of thiocarbonyl (C=S) groups is 1. The third kappa shape index (κ3) is 4.65. The SMILES string of the molecule is O=C(NC(=S)Nc1ccc(S(=O)(=O)N2CCCC2)cc1)c1ccccc1Cl. The predicted octanol–water partition coefficient (Wildman–Crippen LogP) is 3.25. The van der Waals surface area contributed by atoms with Crippen molar-refractivity contribution in [1.82, 2.24) is 9.62 Å². The third-order valence-electron chi connectivity index (χ3n) is 4.16. The molecule has 1 fully saturated rings. The van der Waals surface area contributed by atoms with Gasteiger partial charge < -0.3 is 5.32 Å². The van der Waals surface area contributed by atoms with Crippen LogP contribution in [-0.2, 0) is 10.0 Å². The van der Waals surface area contributed by atoms with Crippen LogP contribution >= 0.6 is 23.8 Å². The summed E-state index contributed by atoms with van der Waals surface area (Å²) in [4.78, 5) is 12.4. The summed E-state index contributed by atoms with van der Waals surface area (Å²) in [5.74, 6) is -0.425. The number of anilines is 1. The summed E-state index contributed by atoms with van der Waals surface area (Å²) in [5.41, 5.74) is 0.884. The number of rotatable bonds is 4. The number of amides is 1. The standard InChI is InChI=1S/C18H18ClN3O3S2/c19-16-6-2-1-5-15(16)17(23)21-18(26)20-13-7-9-14(10-8-13)27(24,25)22-11-3-4-12-22/h1-2,5-10H,3-4,11-12H2,(H2,20,21,23,26). The van der Waals surface area contributed by atoms with Gasteiger partial charge in [0.2, 0.25) is 10.0 Å². The van der Waals surface area contributed by atoms with Crippen molar-refractivity contribution in [3.05, 3.63) is 59.1 Å². The van der Waals surface area contributed by atoms with Crippen LogP contribution in [0.4, 0.5) is 5.69 Å². The number of sulfonamides is 1. The van der Waals surface area contributed by atoms with E-state index in [1.165, 1.54) is 16.4 Å². The monoisotopic (exact) mass is 423 g/mol. The summed E-state index contributed by atoms with van der Waals surface area (Å²) in [5, 5.41) is 5.82. The van der Waals surface area contributed by atoms with E-state index in [-0.39, 0.29) is 10.0 Å². The molecule has 2 aromatic carbocycles. The van der Waals surface area contributed by atoms with Crippen LogP contribution in [-0.4, -0.2) is 36.8 Å². The largest absolute Gasteiger partial charge is 0.332 e. The number of carbonyl (C=O) groups excluding carboxylic acids is 1. The zero-order valence-corrected chi connectivity index (χ0v) is 16.7. The van der Waals surface area contributed by atoms with Gasteiger partial charge in [0.1, 0.15) is 0 Å². The normalized spacial score (nSPS) is 14.7. The summed E-state index contributed by atoms with van der Waals surface area (Å²) < 4.78 is 26.5. The first-order chi connectivity index (χ1) is 12.9. The van der Waals surface area contributed by atoms with E-state index in [0.29, 0.717) is 29.4 Å². The molecule has 1 amide bonds. The van der Waals surface area contributed by atoms with Crippen LogP contribution in [0.25, 0.3) is 0 Å². The van der Waals surface area contributed by atoms with E-state index in [1.807, 2.05) is 0 Å². The summed E-state index contributed by atoms with van der Waals surface area (Å²) in [6, 6.07) is 12.9. The van der Waals surface area contributed by atoms with E-state index < -0.39 is 15.9 Å². The molecule has 3 rings (SSSR count). The molecular formula is C18H18ClN3O3S2. The lowest BCUT2D eigenvalue weighted by atomic mass is 10.2. The van der Waals surface area contributed by atoms with E-state index in [0.717, 1.165) is 12.8 Å². The van der Waals surface area contributed by atoms with Crippen LogP contribution in [0.3, 0.4) is 0 Å². The smallest absolute Gasteiger partial charge is 0.258 e. The Bertz CT molecular complexity index is 956. The van der Waals surface area contributed by atoms with Crippen molar-refractivity contribution >= 4 is 50.5 Å². The first kappa shape index (κ1) is 19.8. The highest BCUT2D eigenvalue weighted by atomic mass is 35.5. The second-order valence-electron chi connectivity index (χ2n) is 6.02. The number of hydrogen-bond acceptors (Lipinski definition) is 4. The van der Waals surface area contributed by atoms with Crippen LogP contribution < -0.4 is 10.6 Å². The fourth-order valence-electron chi connectivity index (χ4n) is 2.77. The average Bonchev–Trinajstić information content (AvgIpc) is 3.18. The Kier molecular flexibility index (Phi) is 6.11. The van der Waals surface area contributed by atoms with Crippen molar-refractivity contribution in [3.63, 3.8) is 0 Å². The molecule has 2 aromatic rings. The van der Waals surface area contributed by atoms with E-state index in [1.54, 1.807) is 36.4 Å². The number of halogens is 1. The highest BCUT2D eigenvalue weighted by Gasteiger charge is 2.26. The Balaban J connectivity index is 1.63. The maximum absolute atomic E-state index is 12.5. The number of carbonyl (C=O) groups is 1. The van der Waals surface area contributed by atoms with Gasteiger partial charge in [-0.3, -0.25) is 10.1 Å². The molecule has 0 bridgehead atoms. The average molecular weight is 424 g/mol. The van der Waals surface area contributed by atoms with Gasteiger partial charge in [-0.1, -0.05) is 23.7 Å². The Labute approximate surface area is 168 Å². The van der Waals surface area contributed by atoms with Crippen LogP contribution in [0, 0.1) is 0 Å². The van der Waals surface area contributed by atoms with Crippen molar-refractivity contribution < 1.29 is 13.2 Å². The fourth-order valence-corrected chi connectivity index (χ4v) is 4.72. The molecule has 0 unspecified atom stereocenters. The molecule has 0 atom stereocenters. The molecule has 1 heterocycles. The van der Waals surface area contributed by atoms with Crippen molar-refractivity contribution in [2.75, 3.05) is 18.4 Å². The molecule has 1 aliphatic rings. The van der Waals surface area contributed by atoms with E-state index in [9.17, 15) is 13.2 Å². The van der Waals surface area contributed by atoms with E-state index >= 15 is 0 Å². The summed E-state index contributed by atoms with van der Waals surface area (Å²) in [6.07, 6.45) is 1.77. The Morgan fingerprint density at radius 2 is 1.67 bits per heavy atom. The van der Waals surface area contributed by atoms with Gasteiger partial charge in [-0.05, 0) is 61.5 Å².